The van der Waals surface area contributed by atoms with Gasteiger partial charge in [-0.25, -0.2) is 8.42 Å². The van der Waals surface area contributed by atoms with Gasteiger partial charge in [0.1, 0.15) is 0 Å². The lowest BCUT2D eigenvalue weighted by molar-refractivity contribution is 0.547. The quantitative estimate of drug-likeness (QED) is 0.651. The van der Waals surface area contributed by atoms with Crippen LogP contribution in [0.3, 0.4) is 0 Å². The smallest absolute Gasteiger partial charge is 0.207 e. The molecule has 1 aliphatic heterocycles. The van der Waals surface area contributed by atoms with E-state index in [0.29, 0.717) is 4.90 Å². The SMILES string of the molecule is Cc1ccc(S(=O)(=O)N2[C@H](c3ccccc3)[C@H]2c2ccccc2)cc1. The van der Waals surface area contributed by atoms with Crippen LogP contribution >= 0.6 is 0 Å². The number of hydrogen-bond donors (Lipinski definition) is 0. The second-order valence-corrected chi connectivity index (χ2v) is 8.20. The third-order valence-corrected chi connectivity index (χ3v) is 6.51. The minimum Gasteiger partial charge on any atom is -0.207 e. The lowest BCUT2D eigenvalue weighted by Crippen LogP contribution is -2.13. The van der Waals surface area contributed by atoms with Gasteiger partial charge in [0.05, 0.1) is 17.0 Å². The average Bonchev–Trinajstić information content (AvgIpc) is 3.40. The molecule has 0 N–H and O–H groups in total. The molecule has 0 amide bonds. The van der Waals surface area contributed by atoms with E-state index in [1.165, 1.54) is 0 Å². The van der Waals surface area contributed by atoms with E-state index in [9.17, 15) is 8.42 Å². The van der Waals surface area contributed by atoms with Crippen LogP contribution in [0.4, 0.5) is 0 Å². The van der Waals surface area contributed by atoms with Crippen LogP contribution in [0.15, 0.2) is 89.8 Å². The van der Waals surface area contributed by atoms with Crippen LogP contribution in [0.1, 0.15) is 28.8 Å². The molecule has 1 fully saturated rings. The molecule has 25 heavy (non-hydrogen) atoms. The molecule has 0 radical (unpaired) electrons. The van der Waals surface area contributed by atoms with Crippen molar-refractivity contribution in [2.24, 2.45) is 0 Å². The van der Waals surface area contributed by atoms with Gasteiger partial charge in [0.2, 0.25) is 10.0 Å². The number of hydrogen-bond acceptors (Lipinski definition) is 2. The zero-order valence-corrected chi connectivity index (χ0v) is 14.7. The highest BCUT2D eigenvalue weighted by Gasteiger charge is 2.56. The van der Waals surface area contributed by atoms with Crippen LogP contribution < -0.4 is 0 Å². The van der Waals surface area contributed by atoms with E-state index in [1.54, 1.807) is 16.4 Å². The van der Waals surface area contributed by atoms with Gasteiger partial charge in [-0.1, -0.05) is 78.4 Å². The molecular formula is C21H19NO2S. The maximum atomic E-state index is 13.2. The Morgan fingerprint density at radius 2 is 1.12 bits per heavy atom. The van der Waals surface area contributed by atoms with E-state index in [4.69, 9.17) is 0 Å². The van der Waals surface area contributed by atoms with E-state index in [1.807, 2.05) is 79.7 Å². The first-order valence-electron chi connectivity index (χ1n) is 8.29. The van der Waals surface area contributed by atoms with E-state index < -0.39 is 10.0 Å². The van der Waals surface area contributed by atoms with Gasteiger partial charge in [-0.2, -0.15) is 4.31 Å². The first-order valence-corrected chi connectivity index (χ1v) is 9.73. The van der Waals surface area contributed by atoms with Crippen molar-refractivity contribution in [2.45, 2.75) is 23.9 Å². The van der Waals surface area contributed by atoms with E-state index in [2.05, 4.69) is 0 Å². The summed E-state index contributed by atoms with van der Waals surface area (Å²) >= 11 is 0. The molecule has 0 spiro atoms. The van der Waals surface area contributed by atoms with Crippen molar-refractivity contribution in [3.63, 3.8) is 0 Å². The summed E-state index contributed by atoms with van der Waals surface area (Å²) in [6.45, 7) is 1.95. The minimum atomic E-state index is -3.54. The summed E-state index contributed by atoms with van der Waals surface area (Å²) in [4.78, 5) is 0.345. The predicted molar refractivity (Wildman–Crippen MR) is 98.6 cm³/mol. The number of nitrogens with zero attached hydrogens (tertiary/aromatic N) is 1. The van der Waals surface area contributed by atoms with Crippen molar-refractivity contribution >= 4 is 10.0 Å². The second-order valence-electron chi connectivity index (χ2n) is 6.36. The molecule has 0 unspecified atom stereocenters. The third-order valence-electron chi connectivity index (χ3n) is 4.64. The zero-order chi connectivity index (χ0) is 17.4. The van der Waals surface area contributed by atoms with Crippen molar-refractivity contribution in [3.05, 3.63) is 102 Å². The van der Waals surface area contributed by atoms with Crippen molar-refractivity contribution in [2.75, 3.05) is 0 Å². The highest BCUT2D eigenvalue weighted by molar-refractivity contribution is 7.89. The Labute approximate surface area is 148 Å². The Hall–Kier alpha value is -2.43. The second kappa shape index (κ2) is 6.14. The Kier molecular flexibility index (Phi) is 3.94. The molecule has 0 aliphatic carbocycles. The topological polar surface area (TPSA) is 37.1 Å². The summed E-state index contributed by atoms with van der Waals surface area (Å²) < 4.78 is 28.0. The van der Waals surface area contributed by atoms with Crippen LogP contribution in [0.2, 0.25) is 0 Å². The van der Waals surface area contributed by atoms with Crippen LogP contribution in [-0.2, 0) is 10.0 Å². The number of sulfonamides is 1. The Morgan fingerprint density at radius 1 is 0.680 bits per heavy atom. The van der Waals surface area contributed by atoms with Gasteiger partial charge in [-0.05, 0) is 30.2 Å². The molecule has 1 aliphatic rings. The van der Waals surface area contributed by atoms with Gasteiger partial charge in [0.15, 0.2) is 0 Å². The number of benzene rings is 3. The largest absolute Gasteiger partial charge is 0.244 e. The van der Waals surface area contributed by atoms with Crippen molar-refractivity contribution in [1.82, 2.24) is 4.31 Å². The normalized spacial score (nSPS) is 22.5. The maximum Gasteiger partial charge on any atom is 0.244 e. The Balaban J connectivity index is 1.77. The van der Waals surface area contributed by atoms with E-state index >= 15 is 0 Å². The molecule has 3 nitrogen and oxygen atoms in total. The fraction of sp³-hybridized carbons (Fsp3) is 0.143. The first kappa shape index (κ1) is 16.1. The van der Waals surface area contributed by atoms with Gasteiger partial charge in [0, 0.05) is 0 Å². The fourth-order valence-electron chi connectivity index (χ4n) is 3.30. The van der Waals surface area contributed by atoms with Gasteiger partial charge in [-0.15, -0.1) is 0 Å². The molecule has 1 heterocycles. The standard InChI is InChI=1S/C21H19NO2S/c1-16-12-14-19(15-13-16)25(23,24)22-20(17-8-4-2-5-9-17)21(22)18-10-6-3-7-11-18/h2-15,20-21H,1H3/t20-,21-/m1/s1. The van der Waals surface area contributed by atoms with Gasteiger partial charge in [-0.3, -0.25) is 0 Å². The van der Waals surface area contributed by atoms with Crippen LogP contribution in [0, 0.1) is 6.92 Å². The monoisotopic (exact) mass is 349 g/mol. The van der Waals surface area contributed by atoms with Crippen LogP contribution in [-0.4, -0.2) is 12.7 Å². The van der Waals surface area contributed by atoms with Crippen LogP contribution in [0.25, 0.3) is 0 Å². The van der Waals surface area contributed by atoms with E-state index in [0.717, 1.165) is 16.7 Å². The molecule has 3 aromatic rings. The zero-order valence-electron chi connectivity index (χ0n) is 13.9. The molecule has 126 valence electrons. The lowest BCUT2D eigenvalue weighted by atomic mass is 10.0. The van der Waals surface area contributed by atoms with Gasteiger partial charge < -0.3 is 0 Å². The summed E-state index contributed by atoms with van der Waals surface area (Å²) in [5, 5.41) is 0. The molecule has 3 aromatic carbocycles. The fourth-order valence-corrected chi connectivity index (χ4v) is 5.04. The molecule has 0 bridgehead atoms. The first-order chi connectivity index (χ1) is 12.1. The van der Waals surface area contributed by atoms with Gasteiger partial charge in [0.25, 0.3) is 0 Å². The summed E-state index contributed by atoms with van der Waals surface area (Å²) in [7, 11) is -3.54. The highest BCUT2D eigenvalue weighted by Crippen LogP contribution is 2.57. The van der Waals surface area contributed by atoms with Crippen molar-refractivity contribution in [1.29, 1.82) is 0 Å². The summed E-state index contributed by atoms with van der Waals surface area (Å²) in [5.74, 6) is 0. The molecule has 0 aromatic heterocycles. The third kappa shape index (κ3) is 2.88. The average molecular weight is 349 g/mol. The molecule has 0 saturated carbocycles. The Morgan fingerprint density at radius 3 is 1.56 bits per heavy atom. The molecule has 2 atom stereocenters. The molecule has 1 saturated heterocycles. The molecule has 4 rings (SSSR count). The van der Waals surface area contributed by atoms with Crippen LogP contribution in [0.5, 0.6) is 0 Å². The summed E-state index contributed by atoms with van der Waals surface area (Å²) in [5.41, 5.74) is 3.09. The maximum absolute atomic E-state index is 13.2. The summed E-state index contributed by atoms with van der Waals surface area (Å²) in [6.07, 6.45) is 0. The molecular weight excluding hydrogens is 330 g/mol. The number of aryl methyl sites for hydroxylation is 1. The van der Waals surface area contributed by atoms with Crippen molar-refractivity contribution in [3.8, 4) is 0 Å². The van der Waals surface area contributed by atoms with Crippen molar-refractivity contribution < 1.29 is 8.42 Å². The molecule has 4 heteroatoms. The van der Waals surface area contributed by atoms with E-state index in [-0.39, 0.29) is 12.1 Å². The van der Waals surface area contributed by atoms with Gasteiger partial charge >= 0.3 is 0 Å². The Bertz CT molecular complexity index is 922. The predicted octanol–water partition coefficient (Wildman–Crippen LogP) is 4.48. The minimum absolute atomic E-state index is 0.157. The lowest BCUT2D eigenvalue weighted by Gasteiger charge is -2.07. The number of rotatable bonds is 4. The highest BCUT2D eigenvalue weighted by atomic mass is 32.2. The summed E-state index contributed by atoms with van der Waals surface area (Å²) in [6, 6.07) is 26.4.